The van der Waals surface area contributed by atoms with Crippen LogP contribution in [0.25, 0.3) is 0 Å². The van der Waals surface area contributed by atoms with E-state index >= 15 is 0 Å². The van der Waals surface area contributed by atoms with Crippen molar-refractivity contribution in [3.05, 3.63) is 28.2 Å². The lowest BCUT2D eigenvalue weighted by Gasteiger charge is -2.05. The van der Waals surface area contributed by atoms with Gasteiger partial charge in [0.15, 0.2) is 0 Å². The number of ether oxygens (including phenoxy) is 1. The fraction of sp³-hybridized carbons (Fsp3) is 0.588. The highest BCUT2D eigenvalue weighted by Gasteiger charge is 2.14. The predicted octanol–water partition coefficient (Wildman–Crippen LogP) is 3.04. The minimum atomic E-state index is -0.613. The van der Waals surface area contributed by atoms with Crippen LogP contribution < -0.4 is 10.1 Å². The molecule has 2 heterocycles. The van der Waals surface area contributed by atoms with Crippen LogP contribution in [0.5, 0.6) is 5.06 Å². The first kappa shape index (κ1) is 19.4. The third-order valence-electron chi connectivity index (χ3n) is 3.69. The first-order valence-electron chi connectivity index (χ1n) is 8.52. The Labute approximate surface area is 151 Å². The van der Waals surface area contributed by atoms with Gasteiger partial charge in [0.2, 0.25) is 5.06 Å². The van der Waals surface area contributed by atoms with E-state index in [0.29, 0.717) is 5.06 Å². The highest BCUT2D eigenvalue weighted by molar-refractivity contribution is 7.13. The van der Waals surface area contributed by atoms with Crippen LogP contribution in [0.15, 0.2) is 10.7 Å². The number of unbranched alkanes of at least 4 members (excludes halogenated alkanes) is 1. The Hall–Kier alpha value is -1.93. The van der Waals surface area contributed by atoms with Gasteiger partial charge >= 0.3 is 6.09 Å². The molecule has 0 saturated carbocycles. The smallest absolute Gasteiger partial charge is 0.397 e. The average Bonchev–Trinajstić information content (AvgIpc) is 3.15. The molecule has 138 valence electrons. The summed E-state index contributed by atoms with van der Waals surface area (Å²) in [6.45, 7) is 5.83. The van der Waals surface area contributed by atoms with Crippen LogP contribution in [-0.2, 0) is 19.3 Å². The lowest BCUT2D eigenvalue weighted by Crippen LogP contribution is -2.32. The molecule has 0 bridgehead atoms. The fourth-order valence-corrected chi connectivity index (χ4v) is 3.11. The summed E-state index contributed by atoms with van der Waals surface area (Å²) in [5.74, 6) is 0.858. The molecule has 2 rings (SSSR count). The van der Waals surface area contributed by atoms with Crippen LogP contribution in [-0.4, -0.2) is 34.0 Å². The molecule has 2 aromatic rings. The lowest BCUT2D eigenvalue weighted by atomic mass is 10.0. The van der Waals surface area contributed by atoms with E-state index in [-0.39, 0.29) is 6.54 Å². The van der Waals surface area contributed by atoms with Crippen LogP contribution in [0.1, 0.15) is 48.7 Å². The summed E-state index contributed by atoms with van der Waals surface area (Å²) in [6.07, 6.45) is 5.02. The summed E-state index contributed by atoms with van der Waals surface area (Å²) in [6, 6.07) is 0. The van der Waals surface area contributed by atoms with Crippen molar-refractivity contribution in [1.82, 2.24) is 15.5 Å². The van der Waals surface area contributed by atoms with Gasteiger partial charge in [-0.2, -0.15) is 0 Å². The zero-order chi connectivity index (χ0) is 18.2. The molecule has 0 radical (unpaired) electrons. The third-order valence-corrected chi connectivity index (χ3v) is 4.62. The maximum Gasteiger partial charge on any atom is 0.413 e. The highest BCUT2D eigenvalue weighted by Crippen LogP contribution is 2.24. The van der Waals surface area contributed by atoms with E-state index < -0.39 is 12.2 Å². The number of amides is 1. The Morgan fingerprint density at radius 2 is 2.24 bits per heavy atom. The van der Waals surface area contributed by atoms with Gasteiger partial charge in [-0.25, -0.2) is 9.78 Å². The van der Waals surface area contributed by atoms with Gasteiger partial charge in [0.25, 0.3) is 0 Å². The number of aliphatic hydroxyl groups is 1. The van der Waals surface area contributed by atoms with Crippen LogP contribution >= 0.6 is 11.3 Å². The van der Waals surface area contributed by atoms with E-state index in [1.807, 2.05) is 6.92 Å². The highest BCUT2D eigenvalue weighted by atomic mass is 32.1. The molecule has 2 N–H and O–H groups in total. The zero-order valence-electron chi connectivity index (χ0n) is 14.9. The number of aromatic nitrogens is 2. The number of carbonyl (C=O) groups is 1. The average molecular weight is 367 g/mol. The number of nitrogens with zero attached hydrogens (tertiary/aromatic N) is 2. The molecule has 1 amide bonds. The Balaban J connectivity index is 1.87. The minimum Gasteiger partial charge on any atom is -0.397 e. The molecule has 0 aromatic carbocycles. The Kier molecular flexibility index (Phi) is 7.39. The summed E-state index contributed by atoms with van der Waals surface area (Å²) in [4.78, 5) is 15.9. The normalized spacial score (nSPS) is 12.2. The first-order valence-corrected chi connectivity index (χ1v) is 9.33. The van der Waals surface area contributed by atoms with E-state index in [2.05, 4.69) is 22.4 Å². The summed E-state index contributed by atoms with van der Waals surface area (Å²) >= 11 is 1.34. The second-order valence-corrected chi connectivity index (χ2v) is 7.04. The number of aryl methyl sites for hydroxylation is 3. The summed E-state index contributed by atoms with van der Waals surface area (Å²) in [5, 5.41) is 17.1. The fourth-order valence-electron chi connectivity index (χ4n) is 2.34. The maximum absolute atomic E-state index is 11.6. The second kappa shape index (κ2) is 9.53. The van der Waals surface area contributed by atoms with Crippen molar-refractivity contribution in [3.8, 4) is 5.06 Å². The first-order chi connectivity index (χ1) is 12.0. The molecule has 1 unspecified atom stereocenters. The molecule has 0 aliphatic carbocycles. The summed E-state index contributed by atoms with van der Waals surface area (Å²) < 4.78 is 10.5. The monoisotopic (exact) mass is 367 g/mol. The lowest BCUT2D eigenvalue weighted by molar-refractivity contribution is 0.172. The maximum atomic E-state index is 11.6. The number of hydrogen-bond acceptors (Lipinski definition) is 7. The van der Waals surface area contributed by atoms with Crippen LogP contribution in [0.4, 0.5) is 4.79 Å². The van der Waals surface area contributed by atoms with E-state index in [0.717, 1.165) is 54.1 Å². The number of nitrogens with one attached hydrogen (secondary N) is 1. The molecule has 0 fully saturated rings. The molecule has 0 aliphatic rings. The van der Waals surface area contributed by atoms with Gasteiger partial charge < -0.3 is 19.7 Å². The summed E-state index contributed by atoms with van der Waals surface area (Å²) in [5.41, 5.74) is 2.19. The second-order valence-electron chi connectivity index (χ2n) is 5.96. The standard InChI is InChI=1S/C17H25N3O4S/c1-4-5-6-14-13(12(3)24-20-14)7-8-15-18-10-16(25-15)23-17(22)19-9-11(2)21/h10-11,21H,4-9H2,1-3H3,(H,19,22). The van der Waals surface area contributed by atoms with Crippen molar-refractivity contribution in [2.45, 2.75) is 59.0 Å². The molecule has 0 spiro atoms. The van der Waals surface area contributed by atoms with Crippen LogP contribution in [0.2, 0.25) is 0 Å². The van der Waals surface area contributed by atoms with Gasteiger partial charge in [0.1, 0.15) is 5.76 Å². The zero-order valence-corrected chi connectivity index (χ0v) is 15.7. The van der Waals surface area contributed by atoms with E-state index in [9.17, 15) is 4.79 Å². The number of aliphatic hydroxyl groups excluding tert-OH is 1. The van der Waals surface area contributed by atoms with Crippen molar-refractivity contribution < 1.29 is 19.2 Å². The molecule has 0 aliphatic heterocycles. The van der Waals surface area contributed by atoms with Gasteiger partial charge in [-0.05, 0) is 33.1 Å². The van der Waals surface area contributed by atoms with Gasteiger partial charge in [-0.3, -0.25) is 0 Å². The number of rotatable bonds is 9. The van der Waals surface area contributed by atoms with Gasteiger partial charge in [-0.1, -0.05) is 29.8 Å². The number of hydrogen-bond donors (Lipinski definition) is 2. The molecular formula is C17H25N3O4S. The number of carbonyl (C=O) groups excluding carboxylic acids is 1. The van der Waals surface area contributed by atoms with E-state index in [1.54, 1.807) is 13.1 Å². The molecule has 25 heavy (non-hydrogen) atoms. The van der Waals surface area contributed by atoms with Crippen LogP contribution in [0, 0.1) is 6.92 Å². The Morgan fingerprint density at radius 1 is 1.44 bits per heavy atom. The largest absolute Gasteiger partial charge is 0.413 e. The predicted molar refractivity (Wildman–Crippen MR) is 95.1 cm³/mol. The SMILES string of the molecule is CCCCc1noc(C)c1CCc1ncc(OC(=O)NCC(C)O)s1. The Bertz CT molecular complexity index is 681. The van der Waals surface area contributed by atoms with Crippen molar-refractivity contribution in [1.29, 1.82) is 0 Å². The molecule has 2 aromatic heterocycles. The molecule has 1 atom stereocenters. The quantitative estimate of drug-likeness (QED) is 0.707. The van der Waals surface area contributed by atoms with E-state index in [1.165, 1.54) is 11.3 Å². The van der Waals surface area contributed by atoms with Crippen molar-refractivity contribution in [3.63, 3.8) is 0 Å². The van der Waals surface area contributed by atoms with Gasteiger partial charge in [0, 0.05) is 18.5 Å². The van der Waals surface area contributed by atoms with Crippen molar-refractivity contribution in [2.24, 2.45) is 0 Å². The number of thiazole rings is 1. The van der Waals surface area contributed by atoms with Crippen molar-refractivity contribution in [2.75, 3.05) is 6.54 Å². The van der Waals surface area contributed by atoms with Crippen molar-refractivity contribution >= 4 is 17.4 Å². The molecule has 8 heteroatoms. The topological polar surface area (TPSA) is 97.5 Å². The minimum absolute atomic E-state index is 0.151. The molecular weight excluding hydrogens is 342 g/mol. The van der Waals surface area contributed by atoms with Gasteiger partial charge in [-0.15, -0.1) is 0 Å². The third kappa shape index (κ3) is 6.13. The molecule has 7 nitrogen and oxygen atoms in total. The van der Waals surface area contributed by atoms with E-state index in [4.69, 9.17) is 14.4 Å². The molecule has 0 saturated heterocycles. The summed E-state index contributed by atoms with van der Waals surface area (Å²) in [7, 11) is 0. The van der Waals surface area contributed by atoms with Crippen LogP contribution in [0.3, 0.4) is 0 Å². The van der Waals surface area contributed by atoms with Gasteiger partial charge in [0.05, 0.1) is 23.0 Å². The Morgan fingerprint density at radius 3 is 2.96 bits per heavy atom.